The van der Waals surface area contributed by atoms with Crippen LogP contribution in [-0.2, 0) is 19.4 Å². The molecule has 3 rings (SSSR count). The van der Waals surface area contributed by atoms with Crippen LogP contribution in [0.4, 0.5) is 14.5 Å². The number of rotatable bonds is 6. The number of benzene rings is 1. The first-order valence-corrected chi connectivity index (χ1v) is 8.63. The Balaban J connectivity index is 0.00000261. The number of ether oxygens (including phenoxy) is 1. The molecule has 6 nitrogen and oxygen atoms in total. The van der Waals surface area contributed by atoms with Crippen LogP contribution >= 0.6 is 12.4 Å². The van der Waals surface area contributed by atoms with Crippen molar-refractivity contribution in [2.75, 3.05) is 11.9 Å². The molecule has 148 valence electrons. The molecular weight excluding hydrogens is 378 g/mol. The predicted octanol–water partition coefficient (Wildman–Crippen LogP) is 3.04. The Hall–Kier alpha value is -2.19. The van der Waals surface area contributed by atoms with Crippen LogP contribution in [0.15, 0.2) is 24.3 Å². The van der Waals surface area contributed by atoms with Crippen molar-refractivity contribution in [1.29, 1.82) is 0 Å². The van der Waals surface area contributed by atoms with Crippen molar-refractivity contribution in [3.63, 3.8) is 0 Å². The van der Waals surface area contributed by atoms with Crippen LogP contribution in [0.5, 0.6) is 5.75 Å². The fourth-order valence-corrected chi connectivity index (χ4v) is 2.98. The van der Waals surface area contributed by atoms with Crippen LogP contribution < -0.4 is 15.8 Å². The second kappa shape index (κ2) is 9.14. The summed E-state index contributed by atoms with van der Waals surface area (Å²) in [6, 6.07) is 6.90. The first-order valence-electron chi connectivity index (χ1n) is 8.63. The maximum Gasteiger partial charge on any atom is 0.276 e. The van der Waals surface area contributed by atoms with E-state index >= 15 is 0 Å². The van der Waals surface area contributed by atoms with Gasteiger partial charge in [-0.25, -0.2) is 8.78 Å². The van der Waals surface area contributed by atoms with Gasteiger partial charge in [-0.15, -0.1) is 12.4 Å². The number of amides is 1. The number of hydrogen-bond acceptors (Lipinski definition) is 4. The van der Waals surface area contributed by atoms with E-state index in [0.29, 0.717) is 30.2 Å². The van der Waals surface area contributed by atoms with Gasteiger partial charge < -0.3 is 15.8 Å². The molecule has 0 unspecified atom stereocenters. The van der Waals surface area contributed by atoms with Crippen LogP contribution in [0, 0.1) is 0 Å². The van der Waals surface area contributed by atoms with Gasteiger partial charge in [0.05, 0.1) is 0 Å². The zero-order valence-corrected chi connectivity index (χ0v) is 15.8. The summed E-state index contributed by atoms with van der Waals surface area (Å²) in [6.45, 7) is 1.86. The Bertz CT molecular complexity index is 798. The van der Waals surface area contributed by atoms with Crippen molar-refractivity contribution < 1.29 is 18.3 Å². The number of halogens is 3. The fourth-order valence-electron chi connectivity index (χ4n) is 2.98. The Kier molecular flexibility index (Phi) is 7.15. The van der Waals surface area contributed by atoms with Crippen LogP contribution in [-0.4, -0.2) is 34.8 Å². The third kappa shape index (κ3) is 5.17. The molecule has 1 aliphatic heterocycles. The van der Waals surface area contributed by atoms with Gasteiger partial charge >= 0.3 is 0 Å². The van der Waals surface area contributed by atoms with E-state index < -0.39 is 18.9 Å². The van der Waals surface area contributed by atoms with Crippen LogP contribution in [0.25, 0.3) is 0 Å². The Labute approximate surface area is 162 Å². The minimum Gasteiger partial charge on any atom is -0.492 e. The molecule has 9 heteroatoms. The third-order valence-corrected chi connectivity index (χ3v) is 4.17. The molecule has 0 spiro atoms. The Morgan fingerprint density at radius 3 is 2.93 bits per heavy atom. The lowest BCUT2D eigenvalue weighted by atomic mass is 10.0. The minimum atomic E-state index is -2.52. The summed E-state index contributed by atoms with van der Waals surface area (Å²) in [4.78, 5) is 12.5. The number of aromatic nitrogens is 2. The Morgan fingerprint density at radius 1 is 1.44 bits per heavy atom. The van der Waals surface area contributed by atoms with Gasteiger partial charge in [-0.2, -0.15) is 5.10 Å². The summed E-state index contributed by atoms with van der Waals surface area (Å²) >= 11 is 0. The van der Waals surface area contributed by atoms with Gasteiger partial charge in [0.25, 0.3) is 12.3 Å². The third-order valence-electron chi connectivity index (χ3n) is 4.17. The monoisotopic (exact) mass is 400 g/mol. The van der Waals surface area contributed by atoms with E-state index in [2.05, 4.69) is 10.4 Å². The van der Waals surface area contributed by atoms with Crippen molar-refractivity contribution in [1.82, 2.24) is 9.78 Å². The second-order valence-electron chi connectivity index (χ2n) is 6.40. The standard InChI is InChI=1S/C18H22F2N4O2.ClH/c1-2-3-14-8-15(23-24(14)9-17(19)20)18(25)22-13-5-4-11-6-12(21)10-26-16(11)7-13;/h4-5,7-8,12,17H,2-3,6,9-10,21H2,1H3,(H,22,25);1H/t12-;/m1./s1. The van der Waals surface area contributed by atoms with Gasteiger partial charge in [0, 0.05) is 23.5 Å². The molecule has 1 aromatic heterocycles. The highest BCUT2D eigenvalue weighted by Crippen LogP contribution is 2.28. The zero-order valence-electron chi connectivity index (χ0n) is 15.0. The number of hydrogen-bond donors (Lipinski definition) is 2. The zero-order chi connectivity index (χ0) is 18.7. The van der Waals surface area contributed by atoms with Crippen molar-refractivity contribution in [3.05, 3.63) is 41.2 Å². The summed E-state index contributed by atoms with van der Waals surface area (Å²) in [6.07, 6.45) is -0.437. The van der Waals surface area contributed by atoms with Crippen molar-refractivity contribution >= 4 is 24.0 Å². The normalized spacial score (nSPS) is 15.7. The summed E-state index contributed by atoms with van der Waals surface area (Å²) in [5.74, 6) is 0.252. The second-order valence-corrected chi connectivity index (χ2v) is 6.40. The van der Waals surface area contributed by atoms with Gasteiger partial charge in [-0.3, -0.25) is 9.48 Å². The number of nitrogens with zero attached hydrogens (tertiary/aromatic N) is 2. The number of alkyl halides is 2. The number of nitrogens with two attached hydrogens (primary N) is 1. The average molecular weight is 401 g/mol. The van der Waals surface area contributed by atoms with E-state index in [-0.39, 0.29) is 24.1 Å². The molecule has 0 radical (unpaired) electrons. The van der Waals surface area contributed by atoms with E-state index in [1.807, 2.05) is 13.0 Å². The number of anilines is 1. The largest absolute Gasteiger partial charge is 0.492 e. The van der Waals surface area contributed by atoms with Crippen LogP contribution in [0.3, 0.4) is 0 Å². The summed E-state index contributed by atoms with van der Waals surface area (Å²) in [5.41, 5.74) is 8.16. The van der Waals surface area contributed by atoms with Crippen molar-refractivity contribution in [2.24, 2.45) is 5.73 Å². The number of carbonyl (C=O) groups is 1. The molecule has 1 amide bonds. The average Bonchev–Trinajstić information content (AvgIpc) is 2.97. The smallest absolute Gasteiger partial charge is 0.276 e. The molecule has 0 fully saturated rings. The molecular formula is C18H23ClF2N4O2. The highest BCUT2D eigenvalue weighted by atomic mass is 35.5. The highest BCUT2D eigenvalue weighted by molar-refractivity contribution is 6.03. The van der Waals surface area contributed by atoms with Crippen molar-refractivity contribution in [3.8, 4) is 5.75 Å². The molecule has 2 aromatic rings. The van der Waals surface area contributed by atoms with Crippen LogP contribution in [0.1, 0.15) is 35.1 Å². The molecule has 1 aliphatic rings. The molecule has 0 aliphatic carbocycles. The Morgan fingerprint density at radius 2 is 2.22 bits per heavy atom. The summed E-state index contributed by atoms with van der Waals surface area (Å²) < 4.78 is 32.2. The lowest BCUT2D eigenvalue weighted by Gasteiger charge is -2.22. The number of fused-ring (bicyclic) bond motifs is 1. The fraction of sp³-hybridized carbons (Fsp3) is 0.444. The number of nitrogens with one attached hydrogen (secondary N) is 1. The molecule has 3 N–H and O–H groups in total. The molecule has 27 heavy (non-hydrogen) atoms. The topological polar surface area (TPSA) is 82.2 Å². The quantitative estimate of drug-likeness (QED) is 0.780. The molecule has 1 atom stereocenters. The van der Waals surface area contributed by atoms with Gasteiger partial charge in [0.2, 0.25) is 0 Å². The van der Waals surface area contributed by atoms with Gasteiger partial charge in [-0.05, 0) is 30.5 Å². The molecule has 0 saturated heterocycles. The molecule has 1 aromatic carbocycles. The van der Waals surface area contributed by atoms with Gasteiger partial charge in [0.15, 0.2) is 5.69 Å². The SMILES string of the molecule is CCCc1cc(C(=O)Nc2ccc3c(c2)OC[C@H](N)C3)nn1CC(F)F.Cl. The van der Waals surface area contributed by atoms with E-state index in [4.69, 9.17) is 10.5 Å². The summed E-state index contributed by atoms with van der Waals surface area (Å²) in [5, 5.41) is 6.78. The van der Waals surface area contributed by atoms with Crippen molar-refractivity contribution in [2.45, 2.75) is 45.2 Å². The summed E-state index contributed by atoms with van der Waals surface area (Å²) in [7, 11) is 0. The molecule has 0 bridgehead atoms. The lowest BCUT2D eigenvalue weighted by molar-refractivity contribution is 0.101. The van der Waals surface area contributed by atoms with E-state index in [9.17, 15) is 13.6 Å². The first kappa shape index (κ1) is 21.1. The minimum absolute atomic E-state index is 0. The predicted molar refractivity (Wildman–Crippen MR) is 101 cm³/mol. The highest BCUT2D eigenvalue weighted by Gasteiger charge is 2.19. The molecule has 2 heterocycles. The first-order chi connectivity index (χ1) is 12.5. The van der Waals surface area contributed by atoms with Gasteiger partial charge in [-0.1, -0.05) is 19.4 Å². The van der Waals surface area contributed by atoms with E-state index in [0.717, 1.165) is 18.4 Å². The number of aryl methyl sites for hydroxylation is 1. The van der Waals surface area contributed by atoms with Crippen LogP contribution in [0.2, 0.25) is 0 Å². The maximum atomic E-state index is 12.7. The van der Waals surface area contributed by atoms with E-state index in [1.54, 1.807) is 18.2 Å². The van der Waals surface area contributed by atoms with E-state index in [1.165, 1.54) is 4.68 Å². The lowest BCUT2D eigenvalue weighted by Crippen LogP contribution is -2.33. The number of carbonyl (C=O) groups excluding carboxylic acids is 1. The maximum absolute atomic E-state index is 12.7. The molecule has 0 saturated carbocycles. The van der Waals surface area contributed by atoms with Gasteiger partial charge in [0.1, 0.15) is 18.9 Å².